The van der Waals surface area contributed by atoms with Crippen LogP contribution in [0.25, 0.3) is 0 Å². The molecule has 1 heterocycles. The first-order chi connectivity index (χ1) is 7.36. The van der Waals surface area contributed by atoms with E-state index in [4.69, 9.17) is 4.42 Å². The molecule has 1 aromatic heterocycles. The minimum Gasteiger partial charge on any atom is -0.456 e. The van der Waals surface area contributed by atoms with Gasteiger partial charge < -0.3 is 9.52 Å². The van der Waals surface area contributed by atoms with Gasteiger partial charge in [-0.3, -0.25) is 0 Å². The Bertz CT molecular complexity index is 460. The normalized spacial score (nSPS) is 11.5. The average Bonchev–Trinajstić information content (AvgIpc) is 2.80. The summed E-state index contributed by atoms with van der Waals surface area (Å²) >= 11 is 0. The molecule has 0 aliphatic heterocycles. The van der Waals surface area contributed by atoms with Gasteiger partial charge in [0.25, 0.3) is 0 Å². The van der Waals surface area contributed by atoms with E-state index in [2.05, 4.69) is 11.8 Å². The van der Waals surface area contributed by atoms with Gasteiger partial charge in [0.2, 0.25) is 0 Å². The van der Waals surface area contributed by atoms with E-state index < -0.39 is 6.10 Å². The van der Waals surface area contributed by atoms with Gasteiger partial charge in [0, 0.05) is 0 Å². The Kier molecular flexibility index (Phi) is 2.87. The van der Waals surface area contributed by atoms with E-state index in [0.29, 0.717) is 5.76 Å². The van der Waals surface area contributed by atoms with Crippen molar-refractivity contribution >= 4 is 0 Å². The van der Waals surface area contributed by atoms with Crippen LogP contribution in [0.1, 0.15) is 17.4 Å². The molecule has 2 nitrogen and oxygen atoms in total. The van der Waals surface area contributed by atoms with Crippen molar-refractivity contribution in [3.05, 3.63) is 60.1 Å². The number of aliphatic hydroxyl groups is 1. The number of benzene rings is 1. The van der Waals surface area contributed by atoms with Crippen LogP contribution < -0.4 is 0 Å². The second kappa shape index (κ2) is 4.50. The molecule has 0 aliphatic carbocycles. The third-order valence-corrected chi connectivity index (χ3v) is 1.97. The van der Waals surface area contributed by atoms with Crippen molar-refractivity contribution in [2.45, 2.75) is 6.10 Å². The summed E-state index contributed by atoms with van der Waals surface area (Å²) < 4.78 is 5.04. The van der Waals surface area contributed by atoms with Gasteiger partial charge in [-0.05, 0) is 23.6 Å². The molecule has 1 atom stereocenters. The summed E-state index contributed by atoms with van der Waals surface area (Å²) in [6.45, 7) is 0. The van der Waals surface area contributed by atoms with Crippen LogP contribution in [0.5, 0.6) is 0 Å². The van der Waals surface area contributed by atoms with Crippen molar-refractivity contribution in [3.8, 4) is 11.8 Å². The largest absolute Gasteiger partial charge is 0.456 e. The van der Waals surface area contributed by atoms with E-state index >= 15 is 0 Å². The van der Waals surface area contributed by atoms with Crippen LogP contribution in [0.3, 0.4) is 0 Å². The number of furan rings is 1. The smallest absolute Gasteiger partial charge is 0.176 e. The fourth-order valence-corrected chi connectivity index (χ4v) is 1.21. The van der Waals surface area contributed by atoms with Gasteiger partial charge in [-0.15, -0.1) is 0 Å². The predicted molar refractivity (Wildman–Crippen MR) is 57.0 cm³/mol. The van der Waals surface area contributed by atoms with Crippen LogP contribution in [0, 0.1) is 11.8 Å². The number of aliphatic hydroxyl groups excluding tert-OH is 1. The van der Waals surface area contributed by atoms with Gasteiger partial charge in [0.1, 0.15) is 6.10 Å². The topological polar surface area (TPSA) is 33.4 Å². The zero-order valence-corrected chi connectivity index (χ0v) is 8.05. The Morgan fingerprint density at radius 3 is 2.53 bits per heavy atom. The van der Waals surface area contributed by atoms with Gasteiger partial charge >= 0.3 is 0 Å². The molecule has 0 amide bonds. The van der Waals surface area contributed by atoms with Crippen LogP contribution in [-0.4, -0.2) is 5.11 Å². The molecule has 0 fully saturated rings. The number of hydrogen-bond donors (Lipinski definition) is 1. The van der Waals surface area contributed by atoms with E-state index in [9.17, 15) is 5.11 Å². The summed E-state index contributed by atoms with van der Waals surface area (Å²) in [5, 5.41) is 9.70. The highest BCUT2D eigenvalue weighted by molar-refractivity contribution is 5.30. The fourth-order valence-electron chi connectivity index (χ4n) is 1.21. The Morgan fingerprint density at radius 2 is 1.87 bits per heavy atom. The minimum atomic E-state index is -0.767. The molecule has 0 spiro atoms. The van der Waals surface area contributed by atoms with Crippen molar-refractivity contribution in [1.82, 2.24) is 0 Å². The lowest BCUT2D eigenvalue weighted by Crippen LogP contribution is -1.92. The lowest BCUT2D eigenvalue weighted by atomic mass is 10.1. The minimum absolute atomic E-state index is 0.560. The molecule has 2 aromatic rings. The molecule has 0 saturated carbocycles. The molecule has 15 heavy (non-hydrogen) atoms. The summed E-state index contributed by atoms with van der Waals surface area (Å²) in [5.74, 6) is 6.03. The molecule has 74 valence electrons. The number of hydrogen-bond acceptors (Lipinski definition) is 2. The highest BCUT2D eigenvalue weighted by Gasteiger charge is 2.01. The quantitative estimate of drug-likeness (QED) is 0.713. The summed E-state index contributed by atoms with van der Waals surface area (Å²) in [6.07, 6.45) is 0.787. The van der Waals surface area contributed by atoms with Gasteiger partial charge in [0.05, 0.1) is 6.26 Å². The molecule has 1 N–H and O–H groups in total. The monoisotopic (exact) mass is 198 g/mol. The number of rotatable bonds is 1. The van der Waals surface area contributed by atoms with E-state index in [0.717, 1.165) is 5.56 Å². The lowest BCUT2D eigenvalue weighted by molar-refractivity contribution is 0.238. The average molecular weight is 198 g/mol. The maximum absolute atomic E-state index is 9.70. The highest BCUT2D eigenvalue weighted by atomic mass is 16.3. The Hall–Kier alpha value is -1.98. The van der Waals surface area contributed by atoms with Gasteiger partial charge in [-0.25, -0.2) is 0 Å². The fraction of sp³-hybridized carbons (Fsp3) is 0.0769. The van der Waals surface area contributed by atoms with Crippen LogP contribution in [0.2, 0.25) is 0 Å². The van der Waals surface area contributed by atoms with Gasteiger partial charge in [-0.2, -0.15) is 0 Å². The van der Waals surface area contributed by atoms with Crippen molar-refractivity contribution in [1.29, 1.82) is 0 Å². The third-order valence-electron chi connectivity index (χ3n) is 1.97. The summed E-state index contributed by atoms with van der Waals surface area (Å²) in [4.78, 5) is 0. The third kappa shape index (κ3) is 2.49. The standard InChI is InChI=1S/C13H10O2/c14-13(11-5-2-1-3-6-11)9-8-12-7-4-10-15-12/h1-7,10,13-14H. The highest BCUT2D eigenvalue weighted by Crippen LogP contribution is 2.10. The van der Waals surface area contributed by atoms with E-state index in [1.54, 1.807) is 18.4 Å². The molecule has 0 radical (unpaired) electrons. The molecule has 2 rings (SSSR count). The van der Waals surface area contributed by atoms with Crippen molar-refractivity contribution in [2.75, 3.05) is 0 Å². The summed E-state index contributed by atoms with van der Waals surface area (Å²) in [6, 6.07) is 12.8. The molecule has 0 bridgehead atoms. The first kappa shape index (κ1) is 9.57. The van der Waals surface area contributed by atoms with Gasteiger partial charge in [0.15, 0.2) is 5.76 Å². The zero-order chi connectivity index (χ0) is 10.5. The molecule has 1 aromatic carbocycles. The Morgan fingerprint density at radius 1 is 1.07 bits per heavy atom. The maximum Gasteiger partial charge on any atom is 0.176 e. The van der Waals surface area contributed by atoms with E-state index in [-0.39, 0.29) is 0 Å². The molecular formula is C13H10O2. The second-order valence-electron chi connectivity index (χ2n) is 3.06. The van der Waals surface area contributed by atoms with E-state index in [1.165, 1.54) is 0 Å². The molecule has 1 unspecified atom stereocenters. The Balaban J connectivity index is 2.13. The lowest BCUT2D eigenvalue weighted by Gasteiger charge is -2.01. The first-order valence-corrected chi connectivity index (χ1v) is 4.64. The van der Waals surface area contributed by atoms with Crippen molar-refractivity contribution < 1.29 is 9.52 Å². The maximum atomic E-state index is 9.70. The van der Waals surface area contributed by atoms with Crippen molar-refractivity contribution in [3.63, 3.8) is 0 Å². The van der Waals surface area contributed by atoms with Crippen LogP contribution in [-0.2, 0) is 0 Å². The summed E-state index contributed by atoms with van der Waals surface area (Å²) in [5.41, 5.74) is 0.788. The predicted octanol–water partition coefficient (Wildman–Crippen LogP) is 2.36. The van der Waals surface area contributed by atoms with Crippen molar-refractivity contribution in [2.24, 2.45) is 0 Å². The van der Waals surface area contributed by atoms with Gasteiger partial charge in [-0.1, -0.05) is 36.3 Å². The van der Waals surface area contributed by atoms with Crippen LogP contribution in [0.15, 0.2) is 53.1 Å². The second-order valence-corrected chi connectivity index (χ2v) is 3.06. The Labute approximate surface area is 88.2 Å². The molecule has 0 aliphatic rings. The van der Waals surface area contributed by atoms with Crippen LogP contribution >= 0.6 is 0 Å². The van der Waals surface area contributed by atoms with E-state index in [1.807, 2.05) is 30.3 Å². The van der Waals surface area contributed by atoms with Crippen LogP contribution in [0.4, 0.5) is 0 Å². The SMILES string of the molecule is OC(C#Cc1ccco1)c1ccccc1. The molecule has 0 saturated heterocycles. The summed E-state index contributed by atoms with van der Waals surface area (Å²) in [7, 11) is 0. The zero-order valence-electron chi connectivity index (χ0n) is 8.05. The molecule has 2 heteroatoms. The molecular weight excluding hydrogens is 188 g/mol. The first-order valence-electron chi connectivity index (χ1n) is 4.64.